The van der Waals surface area contributed by atoms with Crippen LogP contribution in [0.1, 0.15) is 11.3 Å². The van der Waals surface area contributed by atoms with Crippen LogP contribution in [-0.4, -0.2) is 25.0 Å². The second-order valence-electron chi connectivity index (χ2n) is 6.31. The van der Waals surface area contributed by atoms with Crippen LogP contribution in [0.15, 0.2) is 81.1 Å². The summed E-state index contributed by atoms with van der Waals surface area (Å²) in [5.74, 6) is -0.0161. The summed E-state index contributed by atoms with van der Waals surface area (Å²) in [5.41, 5.74) is 0.234. The molecule has 0 aliphatic heterocycles. The predicted molar refractivity (Wildman–Crippen MR) is 112 cm³/mol. The number of nitrogens with one attached hydrogen (secondary N) is 1. The molecule has 1 N–H and O–H groups in total. The fourth-order valence-electron chi connectivity index (χ4n) is 2.60. The number of carbonyl (C=O) groups excluding carboxylic acids is 1. The van der Waals surface area contributed by atoms with E-state index < -0.39 is 14.8 Å². The van der Waals surface area contributed by atoms with E-state index in [0.717, 1.165) is 17.8 Å². The van der Waals surface area contributed by atoms with Crippen molar-refractivity contribution in [2.75, 3.05) is 5.75 Å². The lowest BCUT2D eigenvalue weighted by Crippen LogP contribution is -2.24. The molecule has 0 aliphatic rings. The van der Waals surface area contributed by atoms with E-state index >= 15 is 0 Å². The van der Waals surface area contributed by atoms with Gasteiger partial charge in [0.05, 0.1) is 34.1 Å². The van der Waals surface area contributed by atoms with Crippen molar-refractivity contribution < 1.29 is 22.6 Å². The molecule has 10 heteroatoms. The molecule has 30 heavy (non-hydrogen) atoms. The number of nitro groups is 1. The lowest BCUT2D eigenvalue weighted by atomic mass is 10.2. The van der Waals surface area contributed by atoms with Crippen molar-refractivity contribution in [2.24, 2.45) is 0 Å². The third-order valence-corrected chi connectivity index (χ3v) is 6.69. The summed E-state index contributed by atoms with van der Waals surface area (Å²) in [7, 11) is -3.80. The Kier molecular flexibility index (Phi) is 6.91. The molecule has 1 amide bonds. The van der Waals surface area contributed by atoms with Crippen molar-refractivity contribution in [3.8, 4) is 0 Å². The molecule has 0 atom stereocenters. The molecular formula is C20H18N2O6S2. The molecule has 3 aromatic rings. The second-order valence-corrected chi connectivity index (χ2v) is 9.35. The van der Waals surface area contributed by atoms with Gasteiger partial charge in [-0.3, -0.25) is 14.9 Å². The van der Waals surface area contributed by atoms with E-state index in [-0.39, 0.29) is 34.5 Å². The second kappa shape index (κ2) is 9.59. The van der Waals surface area contributed by atoms with Crippen molar-refractivity contribution in [1.82, 2.24) is 5.32 Å². The number of carbonyl (C=O) groups is 1. The normalized spacial score (nSPS) is 11.2. The molecule has 0 aliphatic carbocycles. The molecule has 0 spiro atoms. The van der Waals surface area contributed by atoms with Crippen molar-refractivity contribution in [3.05, 3.63) is 88.4 Å². The lowest BCUT2D eigenvalue weighted by Gasteiger charge is -2.08. The average Bonchev–Trinajstić information content (AvgIpc) is 3.24. The van der Waals surface area contributed by atoms with Crippen LogP contribution in [0.2, 0.25) is 0 Å². The maximum Gasteiger partial charge on any atom is 0.271 e. The summed E-state index contributed by atoms with van der Waals surface area (Å²) in [4.78, 5) is 22.8. The smallest absolute Gasteiger partial charge is 0.271 e. The quantitative estimate of drug-likeness (QED) is 0.303. The number of hydrogen-bond donors (Lipinski definition) is 1. The fourth-order valence-corrected chi connectivity index (χ4v) is 4.89. The zero-order valence-corrected chi connectivity index (χ0v) is 17.3. The van der Waals surface area contributed by atoms with Gasteiger partial charge < -0.3 is 9.73 Å². The van der Waals surface area contributed by atoms with E-state index in [1.165, 1.54) is 18.4 Å². The van der Waals surface area contributed by atoms with Crippen LogP contribution in [0, 0.1) is 10.1 Å². The number of nitrogens with zero attached hydrogens (tertiary/aromatic N) is 1. The Morgan fingerprint density at radius 2 is 1.87 bits per heavy atom. The standard InChI is InChI=1S/C20H18N2O6S2/c23-20(21-12-17-7-4-8-28-17)13-29-18-9-16(22(24)25)10-19(11-18)30(26,27)14-15-5-2-1-3-6-15/h1-11H,12-14H2,(H,21,23). The largest absolute Gasteiger partial charge is 0.467 e. The highest BCUT2D eigenvalue weighted by Gasteiger charge is 2.21. The van der Waals surface area contributed by atoms with E-state index in [2.05, 4.69) is 5.32 Å². The monoisotopic (exact) mass is 446 g/mol. The molecule has 0 radical (unpaired) electrons. The summed E-state index contributed by atoms with van der Waals surface area (Å²) in [6.07, 6.45) is 1.50. The van der Waals surface area contributed by atoms with Gasteiger partial charge in [-0.2, -0.15) is 0 Å². The van der Waals surface area contributed by atoms with Gasteiger partial charge in [-0.15, -0.1) is 11.8 Å². The van der Waals surface area contributed by atoms with Gasteiger partial charge in [-0.05, 0) is 23.8 Å². The highest BCUT2D eigenvalue weighted by Crippen LogP contribution is 2.29. The van der Waals surface area contributed by atoms with Gasteiger partial charge in [0, 0.05) is 17.0 Å². The number of thioether (sulfide) groups is 1. The molecule has 1 heterocycles. The van der Waals surface area contributed by atoms with Crippen molar-refractivity contribution in [3.63, 3.8) is 0 Å². The first-order chi connectivity index (χ1) is 14.3. The molecule has 0 saturated heterocycles. The van der Waals surface area contributed by atoms with Crippen LogP contribution in [-0.2, 0) is 26.9 Å². The zero-order valence-electron chi connectivity index (χ0n) is 15.7. The summed E-state index contributed by atoms with van der Waals surface area (Å²) in [6, 6.07) is 15.6. The Morgan fingerprint density at radius 3 is 2.53 bits per heavy atom. The van der Waals surface area contributed by atoms with Crippen LogP contribution in [0.5, 0.6) is 0 Å². The third kappa shape index (κ3) is 5.94. The molecule has 156 valence electrons. The lowest BCUT2D eigenvalue weighted by molar-refractivity contribution is -0.385. The van der Waals surface area contributed by atoms with Gasteiger partial charge in [0.25, 0.3) is 5.69 Å². The fraction of sp³-hybridized carbons (Fsp3) is 0.150. The van der Waals surface area contributed by atoms with Gasteiger partial charge in [0.1, 0.15) is 5.76 Å². The van der Waals surface area contributed by atoms with Gasteiger partial charge >= 0.3 is 0 Å². The highest BCUT2D eigenvalue weighted by atomic mass is 32.2. The third-order valence-electron chi connectivity index (χ3n) is 4.04. The summed E-state index contributed by atoms with van der Waals surface area (Å²) >= 11 is 1.02. The molecule has 3 rings (SSSR count). The van der Waals surface area contributed by atoms with E-state index in [4.69, 9.17) is 4.42 Å². The van der Waals surface area contributed by atoms with Crippen LogP contribution in [0.3, 0.4) is 0 Å². The SMILES string of the molecule is O=C(CSc1cc([N+](=O)[O-])cc(S(=O)(=O)Cc2ccccc2)c1)NCc1ccco1. The number of rotatable bonds is 9. The minimum absolute atomic E-state index is 0.0277. The molecule has 0 saturated carbocycles. The maximum absolute atomic E-state index is 12.8. The first-order valence-electron chi connectivity index (χ1n) is 8.81. The molecule has 2 aromatic carbocycles. The van der Waals surface area contributed by atoms with Gasteiger partial charge in [-0.1, -0.05) is 30.3 Å². The molecule has 0 bridgehead atoms. The van der Waals surface area contributed by atoms with Crippen LogP contribution >= 0.6 is 11.8 Å². The van der Waals surface area contributed by atoms with Gasteiger partial charge in [0.15, 0.2) is 9.84 Å². The first kappa shape index (κ1) is 21.6. The van der Waals surface area contributed by atoms with Gasteiger partial charge in [0.2, 0.25) is 5.91 Å². The minimum Gasteiger partial charge on any atom is -0.467 e. The van der Waals surface area contributed by atoms with Crippen LogP contribution < -0.4 is 5.32 Å². The van der Waals surface area contributed by atoms with E-state index in [1.54, 1.807) is 42.5 Å². The Bertz CT molecular complexity index is 1130. The number of nitro benzene ring substituents is 1. The van der Waals surface area contributed by atoms with Gasteiger partial charge in [-0.25, -0.2) is 8.42 Å². The first-order valence-corrected chi connectivity index (χ1v) is 11.5. The Balaban J connectivity index is 1.74. The number of benzene rings is 2. The Hall–Kier alpha value is -3.11. The van der Waals surface area contributed by atoms with Crippen molar-refractivity contribution >= 4 is 33.2 Å². The zero-order chi connectivity index (χ0) is 21.6. The summed E-state index contributed by atoms with van der Waals surface area (Å²) in [6.45, 7) is 0.220. The number of hydrogen-bond acceptors (Lipinski definition) is 7. The Labute approximate surface area is 177 Å². The summed E-state index contributed by atoms with van der Waals surface area (Å²) in [5, 5.41) is 13.9. The number of amides is 1. The molecule has 0 fully saturated rings. The Morgan fingerprint density at radius 1 is 1.10 bits per heavy atom. The minimum atomic E-state index is -3.80. The maximum atomic E-state index is 12.8. The number of sulfone groups is 1. The number of non-ortho nitro benzene ring substituents is 1. The van der Waals surface area contributed by atoms with Crippen molar-refractivity contribution in [2.45, 2.75) is 22.1 Å². The predicted octanol–water partition coefficient (Wildman–Crippen LogP) is 3.57. The highest BCUT2D eigenvalue weighted by molar-refractivity contribution is 8.00. The molecule has 0 unspecified atom stereocenters. The van der Waals surface area contributed by atoms with Crippen molar-refractivity contribution in [1.29, 1.82) is 0 Å². The molecule has 8 nitrogen and oxygen atoms in total. The van der Waals surface area contributed by atoms with E-state index in [0.29, 0.717) is 16.2 Å². The molecular weight excluding hydrogens is 428 g/mol. The van der Waals surface area contributed by atoms with Crippen LogP contribution in [0.4, 0.5) is 5.69 Å². The average molecular weight is 447 g/mol. The topological polar surface area (TPSA) is 120 Å². The van der Waals surface area contributed by atoms with Crippen LogP contribution in [0.25, 0.3) is 0 Å². The van der Waals surface area contributed by atoms with E-state index in [1.807, 2.05) is 0 Å². The van der Waals surface area contributed by atoms with E-state index in [9.17, 15) is 23.3 Å². The summed E-state index contributed by atoms with van der Waals surface area (Å²) < 4.78 is 30.7. The molecule has 1 aromatic heterocycles. The number of furan rings is 1.